The Morgan fingerprint density at radius 1 is 0.844 bits per heavy atom. The molecule has 1 atom stereocenters. The molecule has 0 heterocycles. The molecule has 0 aliphatic rings. The molecule has 32 heavy (non-hydrogen) atoms. The first-order chi connectivity index (χ1) is 15.5. The van der Waals surface area contributed by atoms with Crippen LogP contribution in [0.15, 0.2) is 78.9 Å². The number of carbonyl (C=O) groups excluding carboxylic acids is 2. The molecule has 6 heteroatoms. The summed E-state index contributed by atoms with van der Waals surface area (Å²) in [5.41, 5.74) is 4.70. The van der Waals surface area contributed by atoms with Gasteiger partial charge in [0.25, 0.3) is 0 Å². The lowest BCUT2D eigenvalue weighted by Crippen LogP contribution is -2.47. The lowest BCUT2D eigenvalue weighted by molar-refractivity contribution is -0.121. The lowest BCUT2D eigenvalue weighted by Gasteiger charge is -2.18. The average molecular weight is 429 g/mol. The fourth-order valence-corrected chi connectivity index (χ4v) is 3.59. The maximum atomic E-state index is 12.5. The Hall–Kier alpha value is -3.22. The molecule has 0 bridgehead atoms. The molecule has 0 radical (unpaired) electrons. The number of benzene rings is 3. The van der Waals surface area contributed by atoms with E-state index in [0.29, 0.717) is 12.0 Å². The van der Waals surface area contributed by atoms with Gasteiger partial charge in [0, 0.05) is 18.4 Å². The van der Waals surface area contributed by atoms with Gasteiger partial charge < -0.3 is 15.4 Å². The third-order valence-electron chi connectivity index (χ3n) is 5.45. The van der Waals surface area contributed by atoms with Gasteiger partial charge in [0.2, 0.25) is 5.91 Å². The largest absolute Gasteiger partial charge is 0.475 e. The molecule has 3 N–H and O–H groups in total. The summed E-state index contributed by atoms with van der Waals surface area (Å²) in [6.45, 7) is 2.05. The number of Topliss-reactive ketones (excluding diaryl/α,β-unsaturated/α-hetero) is 1. The second kappa shape index (κ2) is 11.4. The van der Waals surface area contributed by atoms with Gasteiger partial charge in [-0.3, -0.25) is 9.59 Å². The molecular weight excluding hydrogens is 401 g/mol. The molecular formula is C26H28BNO4. The fraction of sp³-hybridized carbons (Fsp3) is 0.231. The lowest BCUT2D eigenvalue weighted by atomic mass is 9.75. The van der Waals surface area contributed by atoms with Crippen molar-refractivity contribution in [2.45, 2.75) is 38.5 Å². The first kappa shape index (κ1) is 23.4. The number of rotatable bonds is 10. The van der Waals surface area contributed by atoms with Crippen LogP contribution in [-0.2, 0) is 17.6 Å². The number of carbonyl (C=O) groups is 2. The number of ketones is 1. The van der Waals surface area contributed by atoms with Crippen LogP contribution in [0.3, 0.4) is 0 Å². The normalized spacial score (nSPS) is 11.6. The maximum absolute atomic E-state index is 12.5. The molecule has 0 fully saturated rings. The van der Waals surface area contributed by atoms with E-state index in [1.807, 2.05) is 73.7 Å². The van der Waals surface area contributed by atoms with E-state index in [9.17, 15) is 19.6 Å². The molecule has 3 rings (SSSR count). The Balaban J connectivity index is 1.53. The summed E-state index contributed by atoms with van der Waals surface area (Å²) >= 11 is 0. The third kappa shape index (κ3) is 6.64. The van der Waals surface area contributed by atoms with Crippen LogP contribution in [0.5, 0.6) is 0 Å². The summed E-state index contributed by atoms with van der Waals surface area (Å²) in [4.78, 5) is 24.9. The van der Waals surface area contributed by atoms with E-state index < -0.39 is 13.1 Å². The van der Waals surface area contributed by atoms with Gasteiger partial charge in [-0.05, 0) is 35.1 Å². The molecule has 1 unspecified atom stereocenters. The van der Waals surface area contributed by atoms with E-state index in [0.717, 1.165) is 28.7 Å². The predicted octanol–water partition coefficient (Wildman–Crippen LogP) is 3.62. The van der Waals surface area contributed by atoms with Crippen molar-refractivity contribution in [3.05, 3.63) is 95.6 Å². The van der Waals surface area contributed by atoms with Crippen LogP contribution in [0.4, 0.5) is 0 Å². The van der Waals surface area contributed by atoms with Crippen LogP contribution in [0.2, 0.25) is 0 Å². The molecule has 0 saturated heterocycles. The van der Waals surface area contributed by atoms with Crippen LogP contribution < -0.4 is 5.32 Å². The fourth-order valence-electron chi connectivity index (χ4n) is 3.59. The molecule has 0 aliphatic carbocycles. The van der Waals surface area contributed by atoms with E-state index in [4.69, 9.17) is 0 Å². The van der Waals surface area contributed by atoms with E-state index in [1.165, 1.54) is 0 Å². The first-order valence-corrected chi connectivity index (χ1v) is 10.9. The average Bonchev–Trinajstić information content (AvgIpc) is 2.83. The Bertz CT molecular complexity index is 1040. The number of hydrogen-bond donors (Lipinski definition) is 3. The summed E-state index contributed by atoms with van der Waals surface area (Å²) in [5.74, 6) is -1.35. The highest BCUT2D eigenvalue weighted by atomic mass is 16.4. The van der Waals surface area contributed by atoms with Gasteiger partial charge in [-0.15, -0.1) is 0 Å². The topological polar surface area (TPSA) is 86.6 Å². The van der Waals surface area contributed by atoms with Gasteiger partial charge in [0.05, 0.1) is 5.94 Å². The second-order valence-electron chi connectivity index (χ2n) is 7.83. The van der Waals surface area contributed by atoms with Crippen LogP contribution in [0, 0.1) is 0 Å². The molecule has 0 spiro atoms. The summed E-state index contributed by atoms with van der Waals surface area (Å²) in [7, 11) is -1.69. The molecule has 0 aromatic heterocycles. The minimum Gasteiger partial charge on any atom is -0.426 e. The summed E-state index contributed by atoms with van der Waals surface area (Å²) in [6, 6.07) is 25.0. The second-order valence-corrected chi connectivity index (χ2v) is 7.83. The highest BCUT2D eigenvalue weighted by molar-refractivity contribution is 6.43. The van der Waals surface area contributed by atoms with Crippen LogP contribution in [0.1, 0.15) is 41.3 Å². The van der Waals surface area contributed by atoms with Crippen molar-refractivity contribution in [1.29, 1.82) is 0 Å². The van der Waals surface area contributed by atoms with Gasteiger partial charge in [0.1, 0.15) is 0 Å². The molecule has 1 amide bonds. The van der Waals surface area contributed by atoms with Crippen molar-refractivity contribution in [3.8, 4) is 11.1 Å². The number of hydrogen-bond acceptors (Lipinski definition) is 4. The van der Waals surface area contributed by atoms with Crippen molar-refractivity contribution >= 4 is 18.8 Å². The van der Waals surface area contributed by atoms with Crippen molar-refractivity contribution in [2.75, 3.05) is 0 Å². The number of nitrogens with one attached hydrogen (secondary N) is 1. The van der Waals surface area contributed by atoms with Gasteiger partial charge in [-0.1, -0.05) is 85.8 Å². The maximum Gasteiger partial charge on any atom is 0.475 e. The minimum atomic E-state index is -1.69. The van der Waals surface area contributed by atoms with Gasteiger partial charge >= 0.3 is 7.12 Å². The molecule has 3 aromatic rings. The zero-order valence-corrected chi connectivity index (χ0v) is 18.2. The van der Waals surface area contributed by atoms with E-state index in [2.05, 4.69) is 5.32 Å². The molecule has 0 saturated carbocycles. The quantitative estimate of drug-likeness (QED) is 0.340. The number of aryl methyl sites for hydroxylation is 1. The Labute approximate surface area is 189 Å². The summed E-state index contributed by atoms with van der Waals surface area (Å²) in [6.07, 6.45) is 1.21. The van der Waals surface area contributed by atoms with Gasteiger partial charge in [0.15, 0.2) is 5.78 Å². The standard InChI is InChI=1S/C26H28BNO4/c1-2-19-7-6-8-20(17-19)18-25(27(31)32)28-26(30)16-15-24(29)23-13-11-22(12-14-23)21-9-4-3-5-10-21/h3-14,17,25,31-32H,2,15-16,18H2,1H3,(H,28,30). The third-order valence-corrected chi connectivity index (χ3v) is 5.45. The zero-order valence-electron chi connectivity index (χ0n) is 18.2. The number of amides is 1. The Morgan fingerprint density at radius 2 is 1.50 bits per heavy atom. The highest BCUT2D eigenvalue weighted by Gasteiger charge is 2.25. The minimum absolute atomic E-state index is 0.0164. The Kier molecular flexibility index (Phi) is 8.37. The van der Waals surface area contributed by atoms with Crippen molar-refractivity contribution in [1.82, 2.24) is 5.32 Å². The molecule has 0 aliphatic heterocycles. The molecule has 164 valence electrons. The summed E-state index contributed by atoms with van der Waals surface area (Å²) in [5, 5.41) is 22.0. The van der Waals surface area contributed by atoms with Crippen LogP contribution in [0.25, 0.3) is 11.1 Å². The SMILES string of the molecule is CCc1cccc(CC(NC(=O)CCC(=O)c2ccc(-c3ccccc3)cc2)B(O)O)c1. The molecule has 3 aromatic carbocycles. The van der Waals surface area contributed by atoms with Gasteiger partial charge in [-0.25, -0.2) is 0 Å². The first-order valence-electron chi connectivity index (χ1n) is 10.9. The highest BCUT2D eigenvalue weighted by Crippen LogP contribution is 2.20. The van der Waals surface area contributed by atoms with Crippen LogP contribution in [-0.4, -0.2) is 34.8 Å². The van der Waals surface area contributed by atoms with E-state index >= 15 is 0 Å². The molecule has 5 nitrogen and oxygen atoms in total. The summed E-state index contributed by atoms with van der Waals surface area (Å²) < 4.78 is 0. The monoisotopic (exact) mass is 429 g/mol. The predicted molar refractivity (Wildman–Crippen MR) is 127 cm³/mol. The van der Waals surface area contributed by atoms with Gasteiger partial charge in [-0.2, -0.15) is 0 Å². The van der Waals surface area contributed by atoms with E-state index in [1.54, 1.807) is 12.1 Å². The zero-order chi connectivity index (χ0) is 22.9. The van der Waals surface area contributed by atoms with Crippen molar-refractivity contribution in [3.63, 3.8) is 0 Å². The van der Waals surface area contributed by atoms with E-state index in [-0.39, 0.29) is 24.5 Å². The van der Waals surface area contributed by atoms with Crippen molar-refractivity contribution < 1.29 is 19.6 Å². The van der Waals surface area contributed by atoms with Crippen molar-refractivity contribution in [2.24, 2.45) is 0 Å². The van der Waals surface area contributed by atoms with Crippen LogP contribution >= 0.6 is 0 Å². The smallest absolute Gasteiger partial charge is 0.426 e. The Morgan fingerprint density at radius 3 is 2.16 bits per heavy atom.